The van der Waals surface area contributed by atoms with Gasteiger partial charge in [0.1, 0.15) is 5.75 Å². The van der Waals surface area contributed by atoms with Gasteiger partial charge in [-0.2, -0.15) is 0 Å². The molecule has 0 saturated carbocycles. The standard InChI is InChI=1S/C14H16BrN3O3/c1-4-11-13(14(19)21-3)16-17-18(11)8-9-5-6-12(20-2)10(15)7-9/h5-7H,4,8H2,1-3H3. The van der Waals surface area contributed by atoms with Gasteiger partial charge < -0.3 is 9.47 Å². The van der Waals surface area contributed by atoms with Crippen LogP contribution in [0.2, 0.25) is 0 Å². The number of aromatic nitrogens is 3. The molecule has 0 saturated heterocycles. The molecule has 21 heavy (non-hydrogen) atoms. The minimum absolute atomic E-state index is 0.271. The lowest BCUT2D eigenvalue weighted by Gasteiger charge is -2.08. The maximum Gasteiger partial charge on any atom is 0.360 e. The van der Waals surface area contributed by atoms with Gasteiger partial charge in [-0.15, -0.1) is 5.10 Å². The smallest absolute Gasteiger partial charge is 0.360 e. The molecule has 6 nitrogen and oxygen atoms in total. The summed E-state index contributed by atoms with van der Waals surface area (Å²) < 4.78 is 12.5. The van der Waals surface area contributed by atoms with Crippen LogP contribution in [0.15, 0.2) is 22.7 Å². The van der Waals surface area contributed by atoms with Gasteiger partial charge in [-0.05, 0) is 40.0 Å². The number of halogens is 1. The Kier molecular flexibility index (Phi) is 4.95. The van der Waals surface area contributed by atoms with E-state index in [1.165, 1.54) is 7.11 Å². The first-order chi connectivity index (χ1) is 10.1. The Bertz CT molecular complexity index is 655. The van der Waals surface area contributed by atoms with Crippen LogP contribution in [0.3, 0.4) is 0 Å². The zero-order chi connectivity index (χ0) is 15.4. The van der Waals surface area contributed by atoms with Gasteiger partial charge in [0, 0.05) is 0 Å². The number of nitrogens with zero attached hydrogens (tertiary/aromatic N) is 3. The molecule has 0 aliphatic heterocycles. The predicted molar refractivity (Wildman–Crippen MR) is 80.5 cm³/mol. The molecule has 0 bridgehead atoms. The van der Waals surface area contributed by atoms with Crippen molar-refractivity contribution in [1.82, 2.24) is 15.0 Å². The number of carbonyl (C=O) groups excluding carboxylic acids is 1. The Hall–Kier alpha value is -1.89. The summed E-state index contributed by atoms with van der Waals surface area (Å²) in [7, 11) is 2.95. The van der Waals surface area contributed by atoms with Crippen molar-refractivity contribution in [2.75, 3.05) is 14.2 Å². The highest BCUT2D eigenvalue weighted by Gasteiger charge is 2.19. The predicted octanol–water partition coefficient (Wildman–Crippen LogP) is 2.45. The molecule has 0 N–H and O–H groups in total. The first kappa shape index (κ1) is 15.5. The molecule has 2 rings (SSSR count). The normalized spacial score (nSPS) is 10.5. The third-order valence-corrected chi connectivity index (χ3v) is 3.72. The highest BCUT2D eigenvalue weighted by molar-refractivity contribution is 9.10. The average Bonchev–Trinajstić information content (AvgIpc) is 2.89. The van der Waals surface area contributed by atoms with Gasteiger partial charge >= 0.3 is 5.97 Å². The number of hydrogen-bond donors (Lipinski definition) is 0. The minimum atomic E-state index is -0.464. The van der Waals surface area contributed by atoms with Gasteiger partial charge in [0.2, 0.25) is 0 Å². The molecule has 0 unspecified atom stereocenters. The van der Waals surface area contributed by atoms with Crippen LogP contribution in [0.25, 0.3) is 0 Å². The molecular formula is C14H16BrN3O3. The summed E-state index contributed by atoms with van der Waals surface area (Å²) in [5.74, 6) is 0.303. The summed E-state index contributed by atoms with van der Waals surface area (Å²) in [4.78, 5) is 11.6. The number of benzene rings is 1. The van der Waals surface area contributed by atoms with E-state index in [1.54, 1.807) is 11.8 Å². The lowest BCUT2D eigenvalue weighted by atomic mass is 10.2. The molecule has 112 valence electrons. The molecule has 0 amide bonds. The van der Waals surface area contributed by atoms with Gasteiger partial charge in [-0.3, -0.25) is 0 Å². The lowest BCUT2D eigenvalue weighted by Crippen LogP contribution is -2.09. The third kappa shape index (κ3) is 3.24. The summed E-state index contributed by atoms with van der Waals surface area (Å²) in [6, 6.07) is 5.78. The van der Waals surface area contributed by atoms with E-state index in [2.05, 4.69) is 26.2 Å². The summed E-state index contributed by atoms with van der Waals surface area (Å²) >= 11 is 3.45. The van der Waals surface area contributed by atoms with E-state index in [0.717, 1.165) is 21.5 Å². The highest BCUT2D eigenvalue weighted by atomic mass is 79.9. The van der Waals surface area contributed by atoms with Crippen LogP contribution < -0.4 is 4.74 Å². The Morgan fingerprint density at radius 1 is 1.38 bits per heavy atom. The van der Waals surface area contributed by atoms with Crippen LogP contribution in [-0.4, -0.2) is 35.2 Å². The molecular weight excluding hydrogens is 338 g/mol. The minimum Gasteiger partial charge on any atom is -0.496 e. The maximum absolute atomic E-state index is 11.6. The molecule has 2 aromatic rings. The van der Waals surface area contributed by atoms with Gasteiger partial charge in [-0.25, -0.2) is 9.48 Å². The van der Waals surface area contributed by atoms with Crippen molar-refractivity contribution >= 4 is 21.9 Å². The van der Waals surface area contributed by atoms with Crippen LogP contribution >= 0.6 is 15.9 Å². The quantitative estimate of drug-likeness (QED) is 0.772. The van der Waals surface area contributed by atoms with Crippen molar-refractivity contribution < 1.29 is 14.3 Å². The van der Waals surface area contributed by atoms with Crippen LogP contribution in [0.5, 0.6) is 5.75 Å². The second-order valence-electron chi connectivity index (χ2n) is 4.36. The van der Waals surface area contributed by atoms with Crippen molar-refractivity contribution in [1.29, 1.82) is 0 Å². The lowest BCUT2D eigenvalue weighted by molar-refractivity contribution is 0.0592. The topological polar surface area (TPSA) is 66.2 Å². The van der Waals surface area contributed by atoms with Gasteiger partial charge in [0.05, 0.1) is 30.9 Å². The van der Waals surface area contributed by atoms with E-state index < -0.39 is 5.97 Å². The zero-order valence-corrected chi connectivity index (χ0v) is 13.7. The van der Waals surface area contributed by atoms with E-state index in [0.29, 0.717) is 13.0 Å². The largest absolute Gasteiger partial charge is 0.496 e. The Morgan fingerprint density at radius 2 is 2.14 bits per heavy atom. The SMILES string of the molecule is CCc1c(C(=O)OC)nnn1Cc1ccc(OC)c(Br)c1. The molecule has 7 heteroatoms. The molecule has 1 heterocycles. The fraction of sp³-hybridized carbons (Fsp3) is 0.357. The van der Waals surface area contributed by atoms with E-state index in [4.69, 9.17) is 9.47 Å². The Balaban J connectivity index is 2.29. The van der Waals surface area contributed by atoms with Gasteiger partial charge in [0.15, 0.2) is 5.69 Å². The molecule has 1 aromatic heterocycles. The van der Waals surface area contributed by atoms with Gasteiger partial charge in [-0.1, -0.05) is 18.2 Å². The number of methoxy groups -OCH3 is 2. The van der Waals surface area contributed by atoms with Crippen LogP contribution in [0, 0.1) is 0 Å². The highest BCUT2D eigenvalue weighted by Crippen LogP contribution is 2.26. The number of hydrogen-bond acceptors (Lipinski definition) is 5. The van der Waals surface area contributed by atoms with E-state index in [9.17, 15) is 4.79 Å². The molecule has 0 fully saturated rings. The van der Waals surface area contributed by atoms with Crippen LogP contribution in [-0.2, 0) is 17.7 Å². The van der Waals surface area contributed by atoms with E-state index >= 15 is 0 Å². The Morgan fingerprint density at radius 3 is 2.71 bits per heavy atom. The van der Waals surface area contributed by atoms with Gasteiger partial charge in [0.25, 0.3) is 0 Å². The third-order valence-electron chi connectivity index (χ3n) is 3.10. The van der Waals surface area contributed by atoms with Crippen molar-refractivity contribution in [2.24, 2.45) is 0 Å². The zero-order valence-electron chi connectivity index (χ0n) is 12.1. The summed E-state index contributed by atoms with van der Waals surface area (Å²) in [5.41, 5.74) is 2.06. The van der Waals surface area contributed by atoms with Crippen LogP contribution in [0.1, 0.15) is 28.7 Å². The Labute approximate surface area is 131 Å². The van der Waals surface area contributed by atoms with Crippen molar-refractivity contribution in [3.05, 3.63) is 39.6 Å². The van der Waals surface area contributed by atoms with E-state index in [-0.39, 0.29) is 5.69 Å². The summed E-state index contributed by atoms with van der Waals surface area (Å²) in [6.45, 7) is 2.47. The monoisotopic (exact) mass is 353 g/mol. The fourth-order valence-corrected chi connectivity index (χ4v) is 2.63. The van der Waals surface area contributed by atoms with E-state index in [1.807, 2.05) is 25.1 Å². The maximum atomic E-state index is 11.6. The summed E-state index contributed by atoms with van der Waals surface area (Å²) in [5, 5.41) is 7.95. The molecule has 1 aromatic carbocycles. The molecule has 0 radical (unpaired) electrons. The van der Waals surface area contributed by atoms with Crippen molar-refractivity contribution in [3.63, 3.8) is 0 Å². The summed E-state index contributed by atoms with van der Waals surface area (Å²) in [6.07, 6.45) is 0.648. The molecule has 0 atom stereocenters. The second-order valence-corrected chi connectivity index (χ2v) is 5.21. The second kappa shape index (κ2) is 6.71. The van der Waals surface area contributed by atoms with Crippen molar-refractivity contribution in [3.8, 4) is 5.75 Å². The number of carbonyl (C=O) groups is 1. The molecule has 0 aliphatic carbocycles. The number of ether oxygens (including phenoxy) is 2. The average molecular weight is 354 g/mol. The fourth-order valence-electron chi connectivity index (χ4n) is 2.05. The van der Waals surface area contributed by atoms with Crippen molar-refractivity contribution in [2.45, 2.75) is 19.9 Å². The van der Waals surface area contributed by atoms with Crippen LogP contribution in [0.4, 0.5) is 0 Å². The molecule has 0 spiro atoms. The number of esters is 1. The molecule has 0 aliphatic rings. The number of rotatable bonds is 5. The first-order valence-electron chi connectivity index (χ1n) is 6.43. The first-order valence-corrected chi connectivity index (χ1v) is 7.23.